The minimum Gasteiger partial charge on any atom is -0.451 e. The molecule has 3 aliphatic rings. The first kappa shape index (κ1) is 12.9. The number of carbonyl (C=O) groups excluding carboxylic acids is 1. The van der Waals surface area contributed by atoms with Crippen LogP contribution in [0.4, 0.5) is 0 Å². The lowest BCUT2D eigenvalue weighted by molar-refractivity contribution is -0.140. The van der Waals surface area contributed by atoms with Crippen LogP contribution in [0.15, 0.2) is 22.8 Å². The Hall–Kier alpha value is -1.13. The topological polar surface area (TPSA) is 59.1 Å². The first-order valence-electron chi connectivity index (χ1n) is 6.92. The minimum atomic E-state index is -0.374. The minimum absolute atomic E-state index is 0.0395. The van der Waals surface area contributed by atoms with E-state index in [-0.39, 0.29) is 30.4 Å². The third-order valence-corrected chi connectivity index (χ3v) is 4.51. The van der Waals surface area contributed by atoms with Crippen LogP contribution in [0, 0.1) is 0 Å². The van der Waals surface area contributed by atoms with Gasteiger partial charge in [0.25, 0.3) is 0 Å². The summed E-state index contributed by atoms with van der Waals surface area (Å²) in [6.45, 7) is 3.95. The highest BCUT2D eigenvalue weighted by molar-refractivity contribution is 5.92. The molecule has 0 saturated carbocycles. The third-order valence-electron chi connectivity index (χ3n) is 4.51. The highest BCUT2D eigenvalue weighted by Gasteiger charge is 2.59. The van der Waals surface area contributed by atoms with Gasteiger partial charge in [-0.1, -0.05) is 11.6 Å². The van der Waals surface area contributed by atoms with Crippen molar-refractivity contribution < 1.29 is 19.4 Å². The second-order valence-corrected chi connectivity index (χ2v) is 5.93. The molecule has 0 amide bonds. The van der Waals surface area contributed by atoms with Crippen molar-refractivity contribution in [2.45, 2.75) is 57.3 Å². The summed E-state index contributed by atoms with van der Waals surface area (Å²) < 4.78 is 11.2. The van der Waals surface area contributed by atoms with Crippen molar-refractivity contribution in [1.29, 1.82) is 0 Å². The van der Waals surface area contributed by atoms with Crippen LogP contribution in [0.25, 0.3) is 0 Å². The molecule has 1 saturated heterocycles. The Balaban J connectivity index is 1.94. The molecule has 0 bridgehead atoms. The zero-order valence-electron chi connectivity index (χ0n) is 11.4. The summed E-state index contributed by atoms with van der Waals surface area (Å²) in [7, 11) is 0. The van der Waals surface area contributed by atoms with Crippen molar-refractivity contribution in [3.63, 3.8) is 0 Å². The molecule has 1 aliphatic carbocycles. The Morgan fingerprint density at radius 2 is 2.26 bits per heavy atom. The van der Waals surface area contributed by atoms with E-state index in [2.05, 4.69) is 19.9 Å². The Labute approximate surface area is 113 Å². The monoisotopic (exact) mass is 264 g/mol. The SMILES string of the molecule is C/C1=C\CC[C@@]2(C)O[C@@H]2[C@H]2OC(=O)C(CO)=C2CC1. The summed E-state index contributed by atoms with van der Waals surface area (Å²) in [5.41, 5.74) is 2.52. The molecule has 19 heavy (non-hydrogen) atoms. The summed E-state index contributed by atoms with van der Waals surface area (Å²) in [6, 6.07) is 0. The van der Waals surface area contributed by atoms with Crippen molar-refractivity contribution in [2.24, 2.45) is 0 Å². The molecular formula is C15H20O4. The van der Waals surface area contributed by atoms with Crippen molar-refractivity contribution >= 4 is 5.97 Å². The highest BCUT2D eigenvalue weighted by Crippen LogP contribution is 2.48. The van der Waals surface area contributed by atoms with Gasteiger partial charge in [0.15, 0.2) is 6.10 Å². The van der Waals surface area contributed by atoms with Crippen molar-refractivity contribution in [2.75, 3.05) is 6.61 Å². The quantitative estimate of drug-likeness (QED) is 0.446. The third kappa shape index (κ3) is 2.13. The molecular weight excluding hydrogens is 244 g/mol. The van der Waals surface area contributed by atoms with Gasteiger partial charge >= 0.3 is 5.97 Å². The number of hydrogen-bond donors (Lipinski definition) is 1. The van der Waals surface area contributed by atoms with Gasteiger partial charge in [-0.05, 0) is 45.1 Å². The van der Waals surface area contributed by atoms with Crippen molar-refractivity contribution in [3.05, 3.63) is 22.8 Å². The van der Waals surface area contributed by atoms with Crippen LogP contribution < -0.4 is 0 Å². The number of carbonyl (C=O) groups is 1. The number of epoxide rings is 1. The molecule has 1 fully saturated rings. The molecule has 0 aromatic rings. The van der Waals surface area contributed by atoms with Crippen molar-refractivity contribution in [1.82, 2.24) is 0 Å². The predicted molar refractivity (Wildman–Crippen MR) is 69.5 cm³/mol. The molecule has 0 radical (unpaired) electrons. The van der Waals surface area contributed by atoms with Crippen molar-refractivity contribution in [3.8, 4) is 0 Å². The number of esters is 1. The zero-order valence-corrected chi connectivity index (χ0v) is 11.4. The van der Waals surface area contributed by atoms with E-state index < -0.39 is 0 Å². The lowest BCUT2D eigenvalue weighted by Crippen LogP contribution is -2.25. The normalized spacial score (nSPS) is 41.0. The molecule has 2 aliphatic heterocycles. The number of rotatable bonds is 1. The number of allylic oxidation sites excluding steroid dienone is 2. The van der Waals surface area contributed by atoms with Gasteiger partial charge in [0.2, 0.25) is 0 Å². The lowest BCUT2D eigenvalue weighted by Gasteiger charge is -2.16. The Kier molecular flexibility index (Phi) is 3.02. The van der Waals surface area contributed by atoms with E-state index in [1.807, 2.05) is 0 Å². The smallest absolute Gasteiger partial charge is 0.337 e. The molecule has 3 rings (SSSR count). The van der Waals surface area contributed by atoms with E-state index in [0.717, 1.165) is 31.3 Å². The maximum atomic E-state index is 11.8. The molecule has 0 spiro atoms. The maximum absolute atomic E-state index is 11.8. The van der Waals surface area contributed by atoms with Crippen LogP contribution in [0.2, 0.25) is 0 Å². The number of ether oxygens (including phenoxy) is 2. The molecule has 0 aromatic carbocycles. The Morgan fingerprint density at radius 1 is 1.47 bits per heavy atom. The Morgan fingerprint density at radius 3 is 3.00 bits per heavy atom. The first-order valence-corrected chi connectivity index (χ1v) is 6.92. The maximum Gasteiger partial charge on any atom is 0.337 e. The van der Waals surface area contributed by atoms with Crippen LogP contribution in [0.1, 0.15) is 39.5 Å². The summed E-state index contributed by atoms with van der Waals surface area (Å²) in [5, 5.41) is 9.38. The number of fused-ring (bicyclic) bond motifs is 3. The van der Waals surface area contributed by atoms with Crippen LogP contribution in [-0.4, -0.2) is 35.5 Å². The van der Waals surface area contributed by atoms with Crippen LogP contribution >= 0.6 is 0 Å². The van der Waals surface area contributed by atoms with E-state index in [1.54, 1.807) is 0 Å². The molecule has 3 atom stereocenters. The largest absolute Gasteiger partial charge is 0.451 e. The fourth-order valence-electron chi connectivity index (χ4n) is 3.14. The standard InChI is InChI=1S/C15H20O4/c1-9-4-3-7-15(2)13(19-15)12-10(6-5-9)11(8-16)14(17)18-12/h4,12-13,16H,3,5-8H2,1-2H3/b9-4+/t12-,13+,15+/m0/s1. The van der Waals surface area contributed by atoms with Gasteiger partial charge in [-0.15, -0.1) is 0 Å². The number of aliphatic hydroxyl groups is 1. The molecule has 104 valence electrons. The van der Waals surface area contributed by atoms with Crippen LogP contribution in [0.3, 0.4) is 0 Å². The average Bonchev–Trinajstić information content (AvgIpc) is 2.92. The number of hydrogen-bond acceptors (Lipinski definition) is 4. The average molecular weight is 264 g/mol. The summed E-state index contributed by atoms with van der Waals surface area (Å²) in [5.74, 6) is -0.374. The molecule has 4 heteroatoms. The molecule has 2 heterocycles. The van der Waals surface area contributed by atoms with E-state index >= 15 is 0 Å². The predicted octanol–water partition coefficient (Wildman–Crippen LogP) is 1.88. The summed E-state index contributed by atoms with van der Waals surface area (Å²) in [6.07, 6.45) is 5.56. The van der Waals surface area contributed by atoms with Crippen LogP contribution in [-0.2, 0) is 14.3 Å². The molecule has 4 nitrogen and oxygen atoms in total. The fourth-order valence-corrected chi connectivity index (χ4v) is 3.14. The van der Waals surface area contributed by atoms with E-state index in [4.69, 9.17) is 9.47 Å². The van der Waals surface area contributed by atoms with Gasteiger partial charge in [0.05, 0.1) is 17.8 Å². The molecule has 0 aromatic heterocycles. The fraction of sp³-hybridized carbons (Fsp3) is 0.667. The first-order chi connectivity index (χ1) is 9.05. The van der Waals surface area contributed by atoms with E-state index in [0.29, 0.717) is 5.57 Å². The van der Waals surface area contributed by atoms with Gasteiger partial charge < -0.3 is 14.6 Å². The van der Waals surface area contributed by atoms with Gasteiger partial charge in [-0.3, -0.25) is 0 Å². The van der Waals surface area contributed by atoms with Crippen LogP contribution in [0.5, 0.6) is 0 Å². The molecule has 1 N–H and O–H groups in total. The van der Waals surface area contributed by atoms with Gasteiger partial charge in [-0.25, -0.2) is 4.79 Å². The summed E-state index contributed by atoms with van der Waals surface area (Å²) >= 11 is 0. The van der Waals surface area contributed by atoms with E-state index in [1.165, 1.54) is 5.57 Å². The Bertz CT molecular complexity index is 477. The second kappa shape index (κ2) is 4.46. The van der Waals surface area contributed by atoms with Gasteiger partial charge in [-0.2, -0.15) is 0 Å². The highest BCUT2D eigenvalue weighted by atomic mass is 16.6. The van der Waals surface area contributed by atoms with Gasteiger partial charge in [0.1, 0.15) is 6.10 Å². The second-order valence-electron chi connectivity index (χ2n) is 5.93. The molecule has 0 unspecified atom stereocenters. The zero-order chi connectivity index (χ0) is 13.6. The summed E-state index contributed by atoms with van der Waals surface area (Å²) in [4.78, 5) is 11.8. The van der Waals surface area contributed by atoms with Gasteiger partial charge in [0, 0.05) is 0 Å². The van der Waals surface area contributed by atoms with E-state index in [9.17, 15) is 9.90 Å². The number of aliphatic hydroxyl groups excluding tert-OH is 1. The lowest BCUT2D eigenvalue weighted by atomic mass is 9.88.